The molecule has 0 heterocycles. The van der Waals surface area contributed by atoms with E-state index in [4.69, 9.17) is 17.0 Å². The van der Waals surface area contributed by atoms with Crippen molar-refractivity contribution < 1.29 is 4.74 Å². The third kappa shape index (κ3) is 3.91. The molecule has 0 aromatic carbocycles. The van der Waals surface area contributed by atoms with E-state index < -0.39 is 0 Å². The molecule has 1 saturated carbocycles. The normalized spacial score (nSPS) is 29.1. The first kappa shape index (κ1) is 13.7. The van der Waals surface area contributed by atoms with Gasteiger partial charge in [-0.25, -0.2) is 0 Å². The zero-order valence-corrected chi connectivity index (χ0v) is 11.4. The van der Waals surface area contributed by atoms with Crippen LogP contribution < -0.4 is 10.6 Å². The van der Waals surface area contributed by atoms with Gasteiger partial charge >= 0.3 is 0 Å². The van der Waals surface area contributed by atoms with E-state index in [0.29, 0.717) is 12.6 Å². The summed E-state index contributed by atoms with van der Waals surface area (Å²) in [6.07, 6.45) is 3.85. The van der Waals surface area contributed by atoms with Gasteiger partial charge in [0.15, 0.2) is 5.11 Å². The average molecular weight is 244 g/mol. The molecule has 0 aromatic heterocycles. The number of hydrogen-bond donors (Lipinski definition) is 2. The van der Waals surface area contributed by atoms with Crippen molar-refractivity contribution in [1.29, 1.82) is 0 Å². The first-order valence-corrected chi connectivity index (χ1v) is 6.63. The summed E-state index contributed by atoms with van der Waals surface area (Å²) < 4.78 is 4.97. The van der Waals surface area contributed by atoms with Gasteiger partial charge in [0.05, 0.1) is 6.61 Å². The molecule has 0 saturated heterocycles. The maximum absolute atomic E-state index is 5.25. The molecule has 3 nitrogen and oxygen atoms in total. The molecule has 4 heteroatoms. The van der Waals surface area contributed by atoms with E-state index in [1.807, 2.05) is 0 Å². The highest BCUT2D eigenvalue weighted by Crippen LogP contribution is 2.33. The molecule has 0 aromatic rings. The third-order valence-electron chi connectivity index (χ3n) is 3.66. The lowest BCUT2D eigenvalue weighted by Crippen LogP contribution is -2.44. The van der Waals surface area contributed by atoms with Gasteiger partial charge in [-0.05, 0) is 36.9 Å². The minimum atomic E-state index is 0.549. The van der Waals surface area contributed by atoms with Crippen molar-refractivity contribution in [1.82, 2.24) is 10.6 Å². The van der Waals surface area contributed by atoms with E-state index in [1.165, 1.54) is 19.3 Å². The van der Waals surface area contributed by atoms with E-state index >= 15 is 0 Å². The second kappa shape index (κ2) is 7.07. The summed E-state index contributed by atoms with van der Waals surface area (Å²) in [6.45, 7) is 6.08. The van der Waals surface area contributed by atoms with E-state index in [-0.39, 0.29) is 0 Å². The first-order valence-electron chi connectivity index (χ1n) is 6.22. The highest BCUT2D eigenvalue weighted by atomic mass is 32.1. The Balaban J connectivity index is 2.24. The molecule has 3 unspecified atom stereocenters. The lowest BCUT2D eigenvalue weighted by atomic mass is 9.94. The monoisotopic (exact) mass is 244 g/mol. The smallest absolute Gasteiger partial charge is 0.166 e. The molecule has 1 aliphatic carbocycles. The van der Waals surface area contributed by atoms with Gasteiger partial charge < -0.3 is 15.4 Å². The topological polar surface area (TPSA) is 33.3 Å². The molecule has 0 amide bonds. The number of methoxy groups -OCH3 is 1. The Kier molecular flexibility index (Phi) is 6.06. The van der Waals surface area contributed by atoms with Gasteiger partial charge in [0.2, 0.25) is 0 Å². The summed E-state index contributed by atoms with van der Waals surface area (Å²) in [6, 6.07) is 0.549. The molecule has 3 atom stereocenters. The summed E-state index contributed by atoms with van der Waals surface area (Å²) in [7, 11) is 1.70. The molecule has 1 rings (SSSR count). The number of ether oxygens (including phenoxy) is 1. The van der Waals surface area contributed by atoms with Crippen LogP contribution in [0.25, 0.3) is 0 Å². The molecule has 1 fully saturated rings. The predicted molar refractivity (Wildman–Crippen MR) is 71.6 cm³/mol. The van der Waals surface area contributed by atoms with Gasteiger partial charge in [0.25, 0.3) is 0 Å². The van der Waals surface area contributed by atoms with Crippen molar-refractivity contribution >= 4 is 17.3 Å². The summed E-state index contributed by atoms with van der Waals surface area (Å²) >= 11 is 5.25. The molecule has 94 valence electrons. The van der Waals surface area contributed by atoms with Gasteiger partial charge in [-0.15, -0.1) is 0 Å². The minimum absolute atomic E-state index is 0.549. The minimum Gasteiger partial charge on any atom is -0.383 e. The largest absolute Gasteiger partial charge is 0.383 e. The zero-order chi connectivity index (χ0) is 12.0. The maximum Gasteiger partial charge on any atom is 0.166 e. The number of hydrogen-bond acceptors (Lipinski definition) is 2. The van der Waals surface area contributed by atoms with Crippen molar-refractivity contribution in [2.24, 2.45) is 11.8 Å². The maximum atomic E-state index is 5.25. The predicted octanol–water partition coefficient (Wildman–Crippen LogP) is 1.92. The Morgan fingerprint density at radius 2 is 2.19 bits per heavy atom. The molecule has 1 aliphatic rings. The van der Waals surface area contributed by atoms with Crippen LogP contribution in [-0.4, -0.2) is 31.4 Å². The van der Waals surface area contributed by atoms with E-state index in [2.05, 4.69) is 24.5 Å². The Morgan fingerprint density at radius 3 is 2.75 bits per heavy atom. The van der Waals surface area contributed by atoms with Gasteiger partial charge in [-0.2, -0.15) is 0 Å². The highest BCUT2D eigenvalue weighted by molar-refractivity contribution is 7.80. The molecular weight excluding hydrogens is 220 g/mol. The Labute approximate surface area is 104 Å². The van der Waals surface area contributed by atoms with Crippen LogP contribution in [0.4, 0.5) is 0 Å². The van der Waals surface area contributed by atoms with Crippen molar-refractivity contribution in [2.45, 2.75) is 39.2 Å². The van der Waals surface area contributed by atoms with Crippen molar-refractivity contribution in [3.63, 3.8) is 0 Å². The second-order valence-corrected chi connectivity index (χ2v) is 5.01. The Bertz CT molecular complexity index is 223. The molecule has 0 aliphatic heterocycles. The number of thiocarbonyl (C=S) groups is 1. The second-order valence-electron chi connectivity index (χ2n) is 4.60. The van der Waals surface area contributed by atoms with Crippen LogP contribution in [0, 0.1) is 11.8 Å². The van der Waals surface area contributed by atoms with Crippen molar-refractivity contribution in [2.75, 3.05) is 20.3 Å². The summed E-state index contributed by atoms with van der Waals surface area (Å²) in [5.41, 5.74) is 0. The van der Waals surface area contributed by atoms with Crippen molar-refractivity contribution in [3.05, 3.63) is 0 Å². The molecular formula is C12H24N2OS. The van der Waals surface area contributed by atoms with Gasteiger partial charge in [-0.1, -0.05) is 20.3 Å². The van der Waals surface area contributed by atoms with Crippen LogP contribution >= 0.6 is 12.2 Å². The van der Waals surface area contributed by atoms with Crippen LogP contribution in [0.5, 0.6) is 0 Å². The summed E-state index contributed by atoms with van der Waals surface area (Å²) in [5, 5.41) is 7.34. The quantitative estimate of drug-likeness (QED) is 0.572. The van der Waals surface area contributed by atoms with Crippen LogP contribution in [-0.2, 0) is 4.74 Å². The zero-order valence-electron chi connectivity index (χ0n) is 10.6. The number of nitrogens with one attached hydrogen (secondary N) is 2. The van der Waals surface area contributed by atoms with Gasteiger partial charge in [0.1, 0.15) is 0 Å². The third-order valence-corrected chi connectivity index (χ3v) is 3.92. The summed E-state index contributed by atoms with van der Waals surface area (Å²) in [4.78, 5) is 0. The van der Waals surface area contributed by atoms with Crippen LogP contribution in [0.1, 0.15) is 33.1 Å². The SMILES string of the molecule is CCC1CCC(NC(=S)NCCOC)C1C. The van der Waals surface area contributed by atoms with Gasteiger partial charge in [0, 0.05) is 19.7 Å². The fraction of sp³-hybridized carbons (Fsp3) is 0.917. The average Bonchev–Trinajstić information content (AvgIpc) is 2.60. The molecule has 0 bridgehead atoms. The molecule has 16 heavy (non-hydrogen) atoms. The number of rotatable bonds is 5. The fourth-order valence-electron chi connectivity index (χ4n) is 2.51. The van der Waals surface area contributed by atoms with Crippen molar-refractivity contribution in [3.8, 4) is 0 Å². The molecule has 2 N–H and O–H groups in total. The highest BCUT2D eigenvalue weighted by Gasteiger charge is 2.31. The fourth-order valence-corrected chi connectivity index (χ4v) is 2.77. The molecule has 0 radical (unpaired) electrons. The van der Waals surface area contributed by atoms with E-state index in [0.717, 1.165) is 23.5 Å². The van der Waals surface area contributed by atoms with Gasteiger partial charge in [-0.3, -0.25) is 0 Å². The first-order chi connectivity index (χ1) is 7.69. The standard InChI is InChI=1S/C12H24N2OS/c1-4-10-5-6-11(9(10)2)14-12(16)13-7-8-15-3/h9-11H,4-8H2,1-3H3,(H2,13,14,16). The van der Waals surface area contributed by atoms with E-state index in [9.17, 15) is 0 Å². The summed E-state index contributed by atoms with van der Waals surface area (Å²) in [5.74, 6) is 1.59. The van der Waals surface area contributed by atoms with Crippen LogP contribution in [0.2, 0.25) is 0 Å². The Morgan fingerprint density at radius 1 is 1.44 bits per heavy atom. The van der Waals surface area contributed by atoms with Crippen LogP contribution in [0.3, 0.4) is 0 Å². The van der Waals surface area contributed by atoms with E-state index in [1.54, 1.807) is 7.11 Å². The Hall–Kier alpha value is -0.350. The lowest BCUT2D eigenvalue weighted by molar-refractivity contribution is 0.203. The molecule has 0 spiro atoms. The lowest BCUT2D eigenvalue weighted by Gasteiger charge is -2.22. The van der Waals surface area contributed by atoms with Crippen LogP contribution in [0.15, 0.2) is 0 Å².